The number of hydrogen-bond acceptors (Lipinski definition) is 5. The molecule has 0 atom stereocenters. The maximum absolute atomic E-state index is 5.82. The fourth-order valence-corrected chi connectivity index (χ4v) is 2.45. The van der Waals surface area contributed by atoms with Crippen LogP contribution in [0.25, 0.3) is 16.7 Å². The van der Waals surface area contributed by atoms with E-state index in [1.807, 2.05) is 54.6 Å². The van der Waals surface area contributed by atoms with Gasteiger partial charge < -0.3 is 11.1 Å². The molecular weight excluding hydrogens is 288 g/mol. The number of nitrogen functional groups attached to an aromatic ring is 1. The second-order valence-electron chi connectivity index (χ2n) is 5.10. The fourth-order valence-electron chi connectivity index (χ4n) is 2.45. The maximum Gasteiger partial charge on any atom is 0.168 e. The zero-order chi connectivity index (χ0) is 15.6. The van der Waals surface area contributed by atoms with Gasteiger partial charge in [0.05, 0.1) is 17.3 Å². The Kier molecular flexibility index (Phi) is 3.12. The van der Waals surface area contributed by atoms with Crippen LogP contribution in [0.4, 0.5) is 17.2 Å². The van der Waals surface area contributed by atoms with Crippen LogP contribution in [0.15, 0.2) is 67.1 Å². The fraction of sp³-hybridized carbons (Fsp3) is 0. The third kappa shape index (κ3) is 2.46. The van der Waals surface area contributed by atoms with E-state index in [9.17, 15) is 0 Å². The summed E-state index contributed by atoms with van der Waals surface area (Å²) in [6, 6.07) is 17.4. The Balaban J connectivity index is 1.79. The smallest absolute Gasteiger partial charge is 0.168 e. The normalized spacial score (nSPS) is 10.8. The van der Waals surface area contributed by atoms with Crippen LogP contribution in [-0.4, -0.2) is 19.7 Å². The number of aromatic nitrogens is 4. The molecule has 0 aliphatic rings. The predicted octanol–water partition coefficient (Wildman–Crippen LogP) is 3.14. The molecule has 0 amide bonds. The van der Waals surface area contributed by atoms with E-state index in [-0.39, 0.29) is 0 Å². The van der Waals surface area contributed by atoms with Crippen LogP contribution in [0.2, 0.25) is 0 Å². The number of hydrogen-bond donors (Lipinski definition) is 2. The van der Waals surface area contributed by atoms with Gasteiger partial charge >= 0.3 is 0 Å². The Morgan fingerprint density at radius 1 is 0.957 bits per heavy atom. The van der Waals surface area contributed by atoms with E-state index in [1.54, 1.807) is 10.9 Å². The number of benzene rings is 2. The predicted molar refractivity (Wildman–Crippen MR) is 90.8 cm³/mol. The summed E-state index contributed by atoms with van der Waals surface area (Å²) in [5.41, 5.74) is 9.09. The third-order valence-corrected chi connectivity index (χ3v) is 3.52. The third-order valence-electron chi connectivity index (χ3n) is 3.52. The van der Waals surface area contributed by atoms with E-state index < -0.39 is 0 Å². The first-order valence-corrected chi connectivity index (χ1v) is 7.18. The molecule has 0 unspecified atom stereocenters. The van der Waals surface area contributed by atoms with Crippen molar-refractivity contribution >= 4 is 28.2 Å². The van der Waals surface area contributed by atoms with Gasteiger partial charge in [0, 0.05) is 11.4 Å². The number of nitrogens with zero attached hydrogens (tertiary/aromatic N) is 4. The van der Waals surface area contributed by atoms with E-state index in [0.29, 0.717) is 11.5 Å². The highest BCUT2D eigenvalue weighted by Crippen LogP contribution is 2.25. The molecule has 0 aliphatic carbocycles. The average molecular weight is 302 g/mol. The van der Waals surface area contributed by atoms with E-state index >= 15 is 0 Å². The zero-order valence-corrected chi connectivity index (χ0v) is 12.2. The van der Waals surface area contributed by atoms with Crippen molar-refractivity contribution in [2.45, 2.75) is 0 Å². The molecule has 2 aromatic heterocycles. The number of fused-ring (bicyclic) bond motifs is 1. The number of nitrogens with one attached hydrogen (secondary N) is 1. The van der Waals surface area contributed by atoms with Gasteiger partial charge in [0.2, 0.25) is 0 Å². The molecule has 0 saturated carbocycles. The summed E-state index contributed by atoms with van der Waals surface area (Å²) in [5, 5.41) is 8.55. The largest absolute Gasteiger partial charge is 0.399 e. The molecule has 0 aliphatic heterocycles. The minimum atomic E-state index is 0.695. The summed E-state index contributed by atoms with van der Waals surface area (Å²) in [4.78, 5) is 8.68. The monoisotopic (exact) mass is 302 g/mol. The lowest BCUT2D eigenvalue weighted by Gasteiger charge is -2.07. The molecule has 112 valence electrons. The molecule has 6 nitrogen and oxygen atoms in total. The van der Waals surface area contributed by atoms with Crippen molar-refractivity contribution in [1.82, 2.24) is 19.7 Å². The van der Waals surface area contributed by atoms with Crippen LogP contribution in [0.5, 0.6) is 0 Å². The lowest BCUT2D eigenvalue weighted by atomic mass is 10.2. The van der Waals surface area contributed by atoms with Crippen molar-refractivity contribution in [3.63, 3.8) is 0 Å². The summed E-state index contributed by atoms with van der Waals surface area (Å²) in [6.07, 6.45) is 3.29. The number of rotatable bonds is 3. The molecule has 0 bridgehead atoms. The molecule has 0 fully saturated rings. The van der Waals surface area contributed by atoms with Crippen LogP contribution in [0.1, 0.15) is 0 Å². The summed E-state index contributed by atoms with van der Waals surface area (Å²) < 4.78 is 1.79. The first kappa shape index (κ1) is 13.3. The van der Waals surface area contributed by atoms with Gasteiger partial charge in [0.25, 0.3) is 0 Å². The molecule has 23 heavy (non-hydrogen) atoms. The van der Waals surface area contributed by atoms with Gasteiger partial charge in [-0.25, -0.2) is 14.6 Å². The minimum Gasteiger partial charge on any atom is -0.399 e. The molecule has 6 heteroatoms. The number of para-hydroxylation sites is 1. The molecule has 0 radical (unpaired) electrons. The van der Waals surface area contributed by atoms with Crippen LogP contribution in [0.3, 0.4) is 0 Å². The maximum atomic E-state index is 5.82. The van der Waals surface area contributed by atoms with Crippen molar-refractivity contribution in [3.8, 4) is 5.69 Å². The Morgan fingerprint density at radius 2 is 1.83 bits per heavy atom. The van der Waals surface area contributed by atoms with Gasteiger partial charge in [-0.1, -0.05) is 24.3 Å². The zero-order valence-electron chi connectivity index (χ0n) is 12.2. The second kappa shape index (κ2) is 5.42. The van der Waals surface area contributed by atoms with Gasteiger partial charge in [0.15, 0.2) is 5.65 Å². The molecule has 0 saturated heterocycles. The Morgan fingerprint density at radius 3 is 2.65 bits per heavy atom. The van der Waals surface area contributed by atoms with Crippen LogP contribution >= 0.6 is 0 Å². The molecule has 4 aromatic rings. The van der Waals surface area contributed by atoms with Crippen molar-refractivity contribution < 1.29 is 0 Å². The van der Waals surface area contributed by atoms with E-state index in [2.05, 4.69) is 20.4 Å². The SMILES string of the molecule is Nc1cccc(Nc2ncnc3c2cnn3-c2ccccc2)c1. The van der Waals surface area contributed by atoms with Gasteiger partial charge in [-0.3, -0.25) is 0 Å². The Hall–Kier alpha value is -3.41. The first-order valence-electron chi connectivity index (χ1n) is 7.18. The summed E-state index contributed by atoms with van der Waals surface area (Å²) >= 11 is 0. The molecule has 2 heterocycles. The Labute approximate surface area is 132 Å². The number of anilines is 3. The average Bonchev–Trinajstić information content (AvgIpc) is 3.01. The highest BCUT2D eigenvalue weighted by molar-refractivity contribution is 5.89. The van der Waals surface area contributed by atoms with Crippen LogP contribution < -0.4 is 11.1 Å². The quantitative estimate of drug-likeness (QED) is 0.568. The van der Waals surface area contributed by atoms with Gasteiger partial charge in [-0.2, -0.15) is 5.10 Å². The Bertz CT molecular complexity index is 961. The van der Waals surface area contributed by atoms with Crippen molar-refractivity contribution in [1.29, 1.82) is 0 Å². The highest BCUT2D eigenvalue weighted by Gasteiger charge is 2.11. The first-order chi connectivity index (χ1) is 11.3. The minimum absolute atomic E-state index is 0.695. The summed E-state index contributed by atoms with van der Waals surface area (Å²) in [6.45, 7) is 0. The molecule has 2 aromatic carbocycles. The summed E-state index contributed by atoms with van der Waals surface area (Å²) in [7, 11) is 0. The van der Waals surface area contributed by atoms with Crippen LogP contribution in [-0.2, 0) is 0 Å². The van der Waals surface area contributed by atoms with Crippen molar-refractivity contribution in [2.75, 3.05) is 11.1 Å². The van der Waals surface area contributed by atoms with Gasteiger partial charge in [-0.05, 0) is 30.3 Å². The molecule has 0 spiro atoms. The highest BCUT2D eigenvalue weighted by atomic mass is 15.3. The molecule has 3 N–H and O–H groups in total. The molecular formula is C17H14N6. The van der Waals surface area contributed by atoms with Crippen molar-refractivity contribution in [3.05, 3.63) is 67.1 Å². The van der Waals surface area contributed by atoms with E-state index in [0.717, 1.165) is 22.4 Å². The molecule has 4 rings (SSSR count). The van der Waals surface area contributed by atoms with Gasteiger partial charge in [0.1, 0.15) is 12.1 Å². The topological polar surface area (TPSA) is 81.7 Å². The van der Waals surface area contributed by atoms with E-state index in [1.165, 1.54) is 6.33 Å². The van der Waals surface area contributed by atoms with Crippen molar-refractivity contribution in [2.24, 2.45) is 0 Å². The summed E-state index contributed by atoms with van der Waals surface area (Å²) in [5.74, 6) is 0.697. The second-order valence-corrected chi connectivity index (χ2v) is 5.10. The standard InChI is InChI=1S/C17H14N6/c18-12-5-4-6-13(9-12)22-16-15-10-21-23(17(15)20-11-19-16)14-7-2-1-3-8-14/h1-11H,18H2,(H,19,20,22). The van der Waals surface area contributed by atoms with Crippen LogP contribution in [0, 0.1) is 0 Å². The lowest BCUT2D eigenvalue weighted by molar-refractivity contribution is 0.895. The number of nitrogens with two attached hydrogens (primary N) is 1. The van der Waals surface area contributed by atoms with Gasteiger partial charge in [-0.15, -0.1) is 0 Å². The van der Waals surface area contributed by atoms with E-state index in [4.69, 9.17) is 5.73 Å². The lowest BCUT2D eigenvalue weighted by Crippen LogP contribution is -1.99.